The van der Waals surface area contributed by atoms with Gasteiger partial charge in [-0.2, -0.15) is 0 Å². The number of anilines is 2. The summed E-state index contributed by atoms with van der Waals surface area (Å²) in [6, 6.07) is 14.1. The number of hydrogen-bond donors (Lipinski definition) is 2. The number of rotatable bonds is 12. The van der Waals surface area contributed by atoms with E-state index in [0.717, 1.165) is 24.3 Å². The van der Waals surface area contributed by atoms with E-state index in [1.807, 2.05) is 27.7 Å². The molecule has 0 fully saturated rings. The number of carbonyl (C=O) groups excluding carboxylic acids is 2. The molecule has 0 saturated carbocycles. The summed E-state index contributed by atoms with van der Waals surface area (Å²) in [5.41, 5.74) is 0.694. The summed E-state index contributed by atoms with van der Waals surface area (Å²) in [6.45, 7) is 9.13. The number of carbonyl (C=O) groups is 2. The van der Waals surface area contributed by atoms with Crippen molar-refractivity contribution in [1.29, 1.82) is 0 Å². The van der Waals surface area contributed by atoms with Crippen LogP contribution in [0.2, 0.25) is 0 Å². The summed E-state index contributed by atoms with van der Waals surface area (Å²) >= 11 is 0. The monoisotopic (exact) mass is 458 g/mol. The van der Waals surface area contributed by atoms with Crippen LogP contribution in [-0.4, -0.2) is 38.6 Å². The van der Waals surface area contributed by atoms with Gasteiger partial charge in [-0.15, -0.1) is 0 Å². The van der Waals surface area contributed by atoms with E-state index < -0.39 is 17.6 Å². The highest BCUT2D eigenvalue weighted by molar-refractivity contribution is 5.85. The first kappa shape index (κ1) is 25.8. The van der Waals surface area contributed by atoms with E-state index in [4.69, 9.17) is 18.9 Å². The lowest BCUT2D eigenvalue weighted by molar-refractivity contribution is 0.0394. The van der Waals surface area contributed by atoms with Crippen molar-refractivity contribution in [2.45, 2.75) is 40.5 Å². The SMILES string of the molecule is CCCC(C)(COC(=O)Nc1ccc(OCC)cc1)COC(=O)Nc1ccc(OCC)cc1. The zero-order valence-electron chi connectivity index (χ0n) is 19.8. The smallest absolute Gasteiger partial charge is 0.411 e. The molecule has 8 nitrogen and oxygen atoms in total. The number of nitrogens with one attached hydrogen (secondary N) is 2. The van der Waals surface area contributed by atoms with Gasteiger partial charge in [-0.25, -0.2) is 9.59 Å². The van der Waals surface area contributed by atoms with Crippen molar-refractivity contribution in [1.82, 2.24) is 0 Å². The summed E-state index contributed by atoms with van der Waals surface area (Å²) in [5, 5.41) is 5.38. The van der Waals surface area contributed by atoms with Gasteiger partial charge in [0.25, 0.3) is 0 Å². The molecule has 2 aromatic rings. The van der Waals surface area contributed by atoms with E-state index >= 15 is 0 Å². The highest BCUT2D eigenvalue weighted by Crippen LogP contribution is 2.25. The van der Waals surface area contributed by atoms with Crippen LogP contribution in [0.25, 0.3) is 0 Å². The second-order valence-electron chi connectivity index (χ2n) is 7.88. The molecule has 0 aliphatic heterocycles. The molecule has 2 rings (SSSR count). The number of benzene rings is 2. The Bertz CT molecular complexity index is 800. The van der Waals surface area contributed by atoms with Crippen molar-refractivity contribution >= 4 is 23.6 Å². The molecule has 0 unspecified atom stereocenters. The highest BCUT2D eigenvalue weighted by Gasteiger charge is 2.28. The van der Waals surface area contributed by atoms with Crippen molar-refractivity contribution in [3.8, 4) is 11.5 Å². The third kappa shape index (κ3) is 9.31. The lowest BCUT2D eigenvalue weighted by Gasteiger charge is -2.28. The van der Waals surface area contributed by atoms with Crippen LogP contribution in [0, 0.1) is 5.41 Å². The number of hydrogen-bond acceptors (Lipinski definition) is 6. The van der Waals surface area contributed by atoms with Gasteiger partial charge < -0.3 is 18.9 Å². The zero-order valence-corrected chi connectivity index (χ0v) is 19.8. The van der Waals surface area contributed by atoms with Gasteiger partial charge in [0.1, 0.15) is 24.7 Å². The third-order valence-electron chi connectivity index (χ3n) is 4.78. The molecule has 0 aliphatic rings. The van der Waals surface area contributed by atoms with Crippen molar-refractivity contribution in [3.05, 3.63) is 48.5 Å². The van der Waals surface area contributed by atoms with Gasteiger partial charge in [0.2, 0.25) is 0 Å². The molecule has 0 aliphatic carbocycles. The Balaban J connectivity index is 1.82. The zero-order chi connectivity index (χ0) is 24.1. The molecular weight excluding hydrogens is 424 g/mol. The highest BCUT2D eigenvalue weighted by atomic mass is 16.6. The Kier molecular flexibility index (Phi) is 10.3. The van der Waals surface area contributed by atoms with Crippen LogP contribution in [-0.2, 0) is 9.47 Å². The van der Waals surface area contributed by atoms with E-state index in [1.165, 1.54) is 0 Å². The van der Waals surface area contributed by atoms with Gasteiger partial charge in [-0.3, -0.25) is 10.6 Å². The van der Waals surface area contributed by atoms with Gasteiger partial charge in [-0.1, -0.05) is 20.3 Å². The van der Waals surface area contributed by atoms with Crippen molar-refractivity contribution in [2.24, 2.45) is 5.41 Å². The van der Waals surface area contributed by atoms with E-state index in [0.29, 0.717) is 24.6 Å². The molecule has 0 saturated heterocycles. The summed E-state index contributed by atoms with van der Waals surface area (Å²) in [7, 11) is 0. The molecule has 2 amide bonds. The second-order valence-corrected chi connectivity index (χ2v) is 7.88. The van der Waals surface area contributed by atoms with Crippen molar-refractivity contribution in [2.75, 3.05) is 37.1 Å². The van der Waals surface area contributed by atoms with E-state index in [1.54, 1.807) is 48.5 Å². The molecule has 8 heteroatoms. The van der Waals surface area contributed by atoms with Gasteiger partial charge in [-0.05, 0) is 68.8 Å². The van der Waals surface area contributed by atoms with Crippen molar-refractivity contribution < 1.29 is 28.5 Å². The first-order chi connectivity index (χ1) is 15.9. The van der Waals surface area contributed by atoms with Gasteiger partial charge in [0.05, 0.1) is 13.2 Å². The Labute approximate surface area is 195 Å². The molecule has 0 aromatic heterocycles. The first-order valence-corrected chi connectivity index (χ1v) is 11.2. The Morgan fingerprint density at radius 3 is 1.45 bits per heavy atom. The quantitative estimate of drug-likeness (QED) is 0.400. The molecule has 33 heavy (non-hydrogen) atoms. The Hall–Kier alpha value is -3.42. The lowest BCUT2D eigenvalue weighted by Crippen LogP contribution is -2.33. The van der Waals surface area contributed by atoms with E-state index in [9.17, 15) is 9.59 Å². The molecule has 0 bridgehead atoms. The maximum absolute atomic E-state index is 12.2. The minimum absolute atomic E-state index is 0.111. The fraction of sp³-hybridized carbons (Fsp3) is 0.440. The Morgan fingerprint density at radius 1 is 0.727 bits per heavy atom. The third-order valence-corrected chi connectivity index (χ3v) is 4.78. The largest absolute Gasteiger partial charge is 0.494 e. The minimum Gasteiger partial charge on any atom is -0.494 e. The van der Waals surface area contributed by atoms with Crippen LogP contribution in [0.1, 0.15) is 40.5 Å². The topological polar surface area (TPSA) is 95.1 Å². The minimum atomic E-state index is -0.569. The van der Waals surface area contributed by atoms with Crippen LogP contribution in [0.3, 0.4) is 0 Å². The predicted octanol–water partition coefficient (Wildman–Crippen LogP) is 6.09. The van der Waals surface area contributed by atoms with E-state index in [2.05, 4.69) is 10.6 Å². The molecule has 180 valence electrons. The predicted molar refractivity (Wildman–Crippen MR) is 128 cm³/mol. The van der Waals surface area contributed by atoms with Gasteiger partial charge in [0, 0.05) is 16.8 Å². The lowest BCUT2D eigenvalue weighted by atomic mass is 9.87. The van der Waals surface area contributed by atoms with Crippen LogP contribution in [0.5, 0.6) is 11.5 Å². The molecule has 0 atom stereocenters. The van der Waals surface area contributed by atoms with Crippen LogP contribution in [0.4, 0.5) is 21.0 Å². The van der Waals surface area contributed by atoms with Gasteiger partial charge in [0.15, 0.2) is 0 Å². The fourth-order valence-electron chi connectivity index (χ4n) is 3.18. The molecule has 0 spiro atoms. The molecule has 0 heterocycles. The maximum atomic E-state index is 12.2. The number of amides is 2. The molecule has 0 radical (unpaired) electrons. The summed E-state index contributed by atoms with van der Waals surface area (Å²) < 4.78 is 21.6. The molecule has 2 N–H and O–H groups in total. The van der Waals surface area contributed by atoms with E-state index in [-0.39, 0.29) is 13.2 Å². The van der Waals surface area contributed by atoms with Crippen molar-refractivity contribution in [3.63, 3.8) is 0 Å². The fourth-order valence-corrected chi connectivity index (χ4v) is 3.18. The average molecular weight is 459 g/mol. The average Bonchev–Trinajstić information content (AvgIpc) is 2.80. The van der Waals surface area contributed by atoms with Gasteiger partial charge >= 0.3 is 12.2 Å². The summed E-state index contributed by atoms with van der Waals surface area (Å²) in [5.74, 6) is 1.46. The van der Waals surface area contributed by atoms with Crippen LogP contribution in [0.15, 0.2) is 48.5 Å². The molecular formula is C25H34N2O6. The standard InChI is InChI=1S/C25H34N2O6/c1-5-16-25(4,17-32-23(28)26-19-8-12-21(13-9-19)30-6-2)18-33-24(29)27-20-10-14-22(15-11-20)31-7-3/h8-15H,5-7,16-18H2,1-4H3,(H,26,28)(H,27,29). The Morgan fingerprint density at radius 2 is 1.12 bits per heavy atom. The summed E-state index contributed by atoms with van der Waals surface area (Å²) in [6.07, 6.45) is 0.435. The molecule has 2 aromatic carbocycles. The first-order valence-electron chi connectivity index (χ1n) is 11.2. The second kappa shape index (κ2) is 13.2. The van der Waals surface area contributed by atoms with Crippen LogP contribution >= 0.6 is 0 Å². The normalized spacial score (nSPS) is 10.8. The van der Waals surface area contributed by atoms with Crippen LogP contribution < -0.4 is 20.1 Å². The number of ether oxygens (including phenoxy) is 4. The maximum Gasteiger partial charge on any atom is 0.411 e. The summed E-state index contributed by atoms with van der Waals surface area (Å²) in [4.78, 5) is 24.5.